The molecule has 0 saturated carbocycles. The van der Waals surface area contributed by atoms with Gasteiger partial charge in [0.25, 0.3) is 0 Å². The highest BCUT2D eigenvalue weighted by Crippen LogP contribution is 2.26. The number of hydrogen-bond donors (Lipinski definition) is 0. The maximum atomic E-state index is 5.70. The fourth-order valence-corrected chi connectivity index (χ4v) is 2.83. The number of aromatic nitrogens is 1. The SMILES string of the molecule is CC.Cc1cccc(OCc2cc3ccccc3s2)n1. The molecule has 0 amide bonds. The van der Waals surface area contributed by atoms with Crippen LogP contribution in [0, 0.1) is 6.92 Å². The molecule has 20 heavy (non-hydrogen) atoms. The van der Waals surface area contributed by atoms with Crippen LogP contribution in [0.2, 0.25) is 0 Å². The normalized spacial score (nSPS) is 9.95. The minimum absolute atomic E-state index is 0.579. The second-order valence-corrected chi connectivity index (χ2v) is 5.32. The fourth-order valence-electron chi connectivity index (χ4n) is 1.85. The number of rotatable bonds is 3. The van der Waals surface area contributed by atoms with Gasteiger partial charge < -0.3 is 4.74 Å². The molecule has 3 aromatic rings. The minimum Gasteiger partial charge on any atom is -0.472 e. The predicted octanol–water partition coefficient (Wildman–Crippen LogP) is 5.21. The van der Waals surface area contributed by atoms with E-state index in [1.807, 2.05) is 39.0 Å². The molecule has 0 bridgehead atoms. The molecule has 0 saturated heterocycles. The molecule has 0 aliphatic carbocycles. The summed E-state index contributed by atoms with van der Waals surface area (Å²) in [6, 6.07) is 16.4. The Bertz CT molecular complexity index is 642. The summed E-state index contributed by atoms with van der Waals surface area (Å²) in [5.41, 5.74) is 0.976. The summed E-state index contributed by atoms with van der Waals surface area (Å²) >= 11 is 1.77. The smallest absolute Gasteiger partial charge is 0.213 e. The molecule has 0 aliphatic rings. The van der Waals surface area contributed by atoms with E-state index in [1.165, 1.54) is 15.0 Å². The average molecular weight is 285 g/mol. The Morgan fingerprint density at radius 3 is 2.60 bits per heavy atom. The van der Waals surface area contributed by atoms with Crippen molar-refractivity contribution < 1.29 is 4.74 Å². The van der Waals surface area contributed by atoms with E-state index in [-0.39, 0.29) is 0 Å². The van der Waals surface area contributed by atoms with Crippen LogP contribution < -0.4 is 4.74 Å². The molecule has 0 aliphatic heterocycles. The van der Waals surface area contributed by atoms with E-state index in [2.05, 4.69) is 35.3 Å². The molecule has 3 heteroatoms. The lowest BCUT2D eigenvalue weighted by Crippen LogP contribution is -1.95. The molecule has 2 aromatic heterocycles. The highest BCUT2D eigenvalue weighted by Gasteiger charge is 2.02. The third kappa shape index (κ3) is 3.58. The van der Waals surface area contributed by atoms with Crippen LogP contribution in [0.1, 0.15) is 24.4 Å². The van der Waals surface area contributed by atoms with E-state index in [0.29, 0.717) is 12.5 Å². The lowest BCUT2D eigenvalue weighted by Gasteiger charge is -2.03. The van der Waals surface area contributed by atoms with E-state index in [4.69, 9.17) is 4.74 Å². The molecule has 1 aromatic carbocycles. The number of benzene rings is 1. The number of fused-ring (bicyclic) bond motifs is 1. The maximum absolute atomic E-state index is 5.70. The lowest BCUT2D eigenvalue weighted by atomic mass is 10.2. The molecule has 104 valence electrons. The first kappa shape index (κ1) is 14.5. The largest absolute Gasteiger partial charge is 0.472 e. The molecule has 0 spiro atoms. The Kier molecular flexibility index (Phi) is 5.13. The minimum atomic E-state index is 0.579. The first-order valence-electron chi connectivity index (χ1n) is 6.85. The first-order valence-corrected chi connectivity index (χ1v) is 7.67. The molecule has 2 heterocycles. The summed E-state index contributed by atoms with van der Waals surface area (Å²) in [5, 5.41) is 1.28. The topological polar surface area (TPSA) is 22.1 Å². The van der Waals surface area contributed by atoms with Gasteiger partial charge >= 0.3 is 0 Å². The number of nitrogens with zero attached hydrogens (tertiary/aromatic N) is 1. The molecule has 2 nitrogen and oxygen atoms in total. The number of pyridine rings is 1. The molecule has 0 N–H and O–H groups in total. The average Bonchev–Trinajstić information content (AvgIpc) is 2.90. The maximum Gasteiger partial charge on any atom is 0.213 e. The van der Waals surface area contributed by atoms with Crippen molar-refractivity contribution in [2.75, 3.05) is 0 Å². The van der Waals surface area contributed by atoms with Gasteiger partial charge in [0.15, 0.2) is 0 Å². The molecule has 0 unspecified atom stereocenters. The Morgan fingerprint density at radius 1 is 1.05 bits per heavy atom. The van der Waals surface area contributed by atoms with Crippen molar-refractivity contribution in [2.24, 2.45) is 0 Å². The standard InChI is InChI=1S/C15H13NOS.C2H6/c1-11-5-4-8-15(16-11)17-10-13-9-12-6-2-3-7-14(12)18-13;1-2/h2-9H,10H2,1H3;1-2H3. The highest BCUT2D eigenvalue weighted by molar-refractivity contribution is 7.19. The van der Waals surface area contributed by atoms with Gasteiger partial charge in [-0.3, -0.25) is 0 Å². The monoisotopic (exact) mass is 285 g/mol. The zero-order chi connectivity index (χ0) is 14.4. The Balaban J connectivity index is 0.000000704. The van der Waals surface area contributed by atoms with Gasteiger partial charge in [0.1, 0.15) is 6.61 Å². The van der Waals surface area contributed by atoms with E-state index in [0.717, 1.165) is 5.69 Å². The third-order valence-corrected chi connectivity index (χ3v) is 3.79. The van der Waals surface area contributed by atoms with Crippen molar-refractivity contribution >= 4 is 21.4 Å². The molecule has 0 radical (unpaired) electrons. The van der Waals surface area contributed by atoms with Gasteiger partial charge in [0.2, 0.25) is 5.88 Å². The van der Waals surface area contributed by atoms with Gasteiger partial charge in [-0.2, -0.15) is 0 Å². The number of thiophene rings is 1. The van der Waals surface area contributed by atoms with Crippen LogP contribution in [-0.2, 0) is 6.61 Å². The van der Waals surface area contributed by atoms with Crippen LogP contribution in [0.4, 0.5) is 0 Å². The van der Waals surface area contributed by atoms with E-state index in [1.54, 1.807) is 11.3 Å². The van der Waals surface area contributed by atoms with Crippen LogP contribution in [0.5, 0.6) is 5.88 Å². The number of ether oxygens (including phenoxy) is 1. The number of hydrogen-bond acceptors (Lipinski definition) is 3. The third-order valence-electron chi connectivity index (χ3n) is 2.70. The van der Waals surface area contributed by atoms with Gasteiger partial charge in [-0.25, -0.2) is 4.98 Å². The first-order chi connectivity index (χ1) is 9.81. The van der Waals surface area contributed by atoms with Crippen LogP contribution in [-0.4, -0.2) is 4.98 Å². The van der Waals surface area contributed by atoms with Gasteiger partial charge in [-0.15, -0.1) is 11.3 Å². The zero-order valence-electron chi connectivity index (χ0n) is 12.1. The van der Waals surface area contributed by atoms with Crippen molar-refractivity contribution in [3.63, 3.8) is 0 Å². The second-order valence-electron chi connectivity index (χ2n) is 4.16. The summed E-state index contributed by atoms with van der Waals surface area (Å²) in [5.74, 6) is 0.687. The van der Waals surface area contributed by atoms with E-state index in [9.17, 15) is 0 Å². The molecule has 3 rings (SSSR count). The second kappa shape index (κ2) is 7.06. The van der Waals surface area contributed by atoms with Crippen LogP contribution in [0.15, 0.2) is 48.5 Å². The summed E-state index contributed by atoms with van der Waals surface area (Å²) < 4.78 is 7.00. The summed E-state index contributed by atoms with van der Waals surface area (Å²) in [7, 11) is 0. The van der Waals surface area contributed by atoms with E-state index < -0.39 is 0 Å². The van der Waals surface area contributed by atoms with Crippen molar-refractivity contribution in [3.8, 4) is 5.88 Å². The quantitative estimate of drug-likeness (QED) is 0.659. The fraction of sp³-hybridized carbons (Fsp3) is 0.235. The van der Waals surface area contributed by atoms with Crippen molar-refractivity contribution in [1.82, 2.24) is 4.98 Å². The highest BCUT2D eigenvalue weighted by atomic mass is 32.1. The van der Waals surface area contributed by atoms with Crippen LogP contribution >= 0.6 is 11.3 Å². The lowest BCUT2D eigenvalue weighted by molar-refractivity contribution is 0.297. The zero-order valence-corrected chi connectivity index (χ0v) is 12.9. The number of aryl methyl sites for hydroxylation is 1. The van der Waals surface area contributed by atoms with Crippen molar-refractivity contribution in [2.45, 2.75) is 27.4 Å². The summed E-state index contributed by atoms with van der Waals surface area (Å²) in [6.07, 6.45) is 0. The van der Waals surface area contributed by atoms with Gasteiger partial charge in [-0.05, 0) is 30.5 Å². The molecule has 0 atom stereocenters. The predicted molar refractivity (Wildman–Crippen MR) is 86.5 cm³/mol. The Labute approximate surface area is 124 Å². The summed E-state index contributed by atoms with van der Waals surface area (Å²) in [4.78, 5) is 5.55. The van der Waals surface area contributed by atoms with Gasteiger partial charge in [0.05, 0.1) is 0 Å². The van der Waals surface area contributed by atoms with Gasteiger partial charge in [0, 0.05) is 21.3 Å². The van der Waals surface area contributed by atoms with Gasteiger partial charge in [-0.1, -0.05) is 38.1 Å². The van der Waals surface area contributed by atoms with E-state index >= 15 is 0 Å². The summed E-state index contributed by atoms with van der Waals surface area (Å²) in [6.45, 7) is 6.54. The van der Waals surface area contributed by atoms with Crippen molar-refractivity contribution in [3.05, 3.63) is 59.1 Å². The molecular weight excluding hydrogens is 266 g/mol. The molecular formula is C17H19NOS. The van der Waals surface area contributed by atoms with Crippen LogP contribution in [0.3, 0.4) is 0 Å². The van der Waals surface area contributed by atoms with Crippen LogP contribution in [0.25, 0.3) is 10.1 Å². The molecule has 0 fully saturated rings. The Hall–Kier alpha value is -1.87. The van der Waals surface area contributed by atoms with Crippen molar-refractivity contribution in [1.29, 1.82) is 0 Å². The Morgan fingerprint density at radius 2 is 1.85 bits per heavy atom.